The monoisotopic (exact) mass is 305 g/mol. The molecule has 0 fully saturated rings. The third kappa shape index (κ3) is 2.36. The Bertz CT molecular complexity index is 940. The molecule has 0 aliphatic carbocycles. The largest absolute Gasteiger partial charge is 0.497 e. The topological polar surface area (TPSA) is 56.1 Å². The standard InChI is InChI=1S/C18H15N3O2/c1-23-14-6-4-5-12(10-14)9-13-11-21-16-8-3-2-7-15(16)19-18(21)20-17(13)22/h2-10H,11H2,1H3,(H,19,20,22)/b13-9+. The molecule has 5 heteroatoms. The van der Waals surface area contributed by atoms with E-state index in [4.69, 9.17) is 4.74 Å². The Balaban J connectivity index is 1.76. The number of imidazole rings is 1. The molecular weight excluding hydrogens is 290 g/mol. The molecule has 3 aromatic rings. The first-order chi connectivity index (χ1) is 11.2. The Labute approximate surface area is 133 Å². The van der Waals surface area contributed by atoms with Crippen LogP contribution in [-0.2, 0) is 11.3 Å². The molecule has 2 aromatic carbocycles. The third-order valence-electron chi connectivity index (χ3n) is 3.93. The number of hydrogen-bond acceptors (Lipinski definition) is 3. The number of anilines is 1. The van der Waals surface area contributed by atoms with Crippen LogP contribution < -0.4 is 10.1 Å². The Hall–Kier alpha value is -3.08. The fraction of sp³-hybridized carbons (Fsp3) is 0.111. The van der Waals surface area contributed by atoms with Crippen molar-refractivity contribution in [3.63, 3.8) is 0 Å². The van der Waals surface area contributed by atoms with Gasteiger partial charge in [-0.1, -0.05) is 24.3 Å². The number of methoxy groups -OCH3 is 1. The smallest absolute Gasteiger partial charge is 0.255 e. The number of amides is 1. The lowest BCUT2D eigenvalue weighted by molar-refractivity contribution is -0.113. The second kappa shape index (κ2) is 5.28. The molecule has 1 aliphatic rings. The van der Waals surface area contributed by atoms with Crippen molar-refractivity contribution < 1.29 is 9.53 Å². The van der Waals surface area contributed by atoms with Gasteiger partial charge in [0.2, 0.25) is 5.95 Å². The summed E-state index contributed by atoms with van der Waals surface area (Å²) < 4.78 is 7.24. The van der Waals surface area contributed by atoms with Crippen LogP contribution in [0, 0.1) is 0 Å². The zero-order valence-electron chi connectivity index (χ0n) is 12.6. The highest BCUT2D eigenvalue weighted by molar-refractivity contribution is 6.08. The number of nitrogens with zero attached hydrogens (tertiary/aromatic N) is 2. The molecule has 0 saturated heterocycles. The van der Waals surface area contributed by atoms with Gasteiger partial charge in [-0.25, -0.2) is 4.98 Å². The first-order valence-electron chi connectivity index (χ1n) is 7.36. The highest BCUT2D eigenvalue weighted by Crippen LogP contribution is 2.26. The molecule has 5 nitrogen and oxygen atoms in total. The molecule has 0 spiro atoms. The van der Waals surface area contributed by atoms with Crippen LogP contribution in [0.1, 0.15) is 5.56 Å². The van der Waals surface area contributed by atoms with Crippen LogP contribution in [0.3, 0.4) is 0 Å². The number of nitrogens with one attached hydrogen (secondary N) is 1. The molecule has 1 aromatic heterocycles. The van der Waals surface area contributed by atoms with Gasteiger partial charge in [0.05, 0.1) is 24.7 Å². The number of para-hydroxylation sites is 2. The minimum Gasteiger partial charge on any atom is -0.497 e. The van der Waals surface area contributed by atoms with Crippen molar-refractivity contribution in [3.8, 4) is 5.75 Å². The predicted molar refractivity (Wildman–Crippen MR) is 89.3 cm³/mol. The van der Waals surface area contributed by atoms with Gasteiger partial charge in [-0.15, -0.1) is 0 Å². The number of ether oxygens (including phenoxy) is 1. The van der Waals surface area contributed by atoms with Crippen LogP contribution in [0.25, 0.3) is 17.1 Å². The quantitative estimate of drug-likeness (QED) is 0.740. The second-order valence-corrected chi connectivity index (χ2v) is 5.41. The zero-order valence-corrected chi connectivity index (χ0v) is 12.6. The number of fused-ring (bicyclic) bond motifs is 3. The van der Waals surface area contributed by atoms with Crippen LogP contribution in [0.2, 0.25) is 0 Å². The van der Waals surface area contributed by atoms with Gasteiger partial charge in [-0.2, -0.15) is 0 Å². The molecule has 1 amide bonds. The van der Waals surface area contributed by atoms with Gasteiger partial charge in [-0.05, 0) is 35.9 Å². The summed E-state index contributed by atoms with van der Waals surface area (Å²) in [7, 11) is 1.63. The number of carbonyl (C=O) groups is 1. The molecule has 4 rings (SSSR count). The van der Waals surface area contributed by atoms with E-state index in [0.29, 0.717) is 18.1 Å². The number of benzene rings is 2. The maximum absolute atomic E-state index is 12.3. The highest BCUT2D eigenvalue weighted by atomic mass is 16.5. The minimum atomic E-state index is -0.115. The lowest BCUT2D eigenvalue weighted by Gasteiger charge is -2.18. The van der Waals surface area contributed by atoms with E-state index in [-0.39, 0.29) is 5.91 Å². The Morgan fingerprint density at radius 3 is 2.96 bits per heavy atom. The van der Waals surface area contributed by atoms with Crippen LogP contribution in [0.5, 0.6) is 5.75 Å². The van der Waals surface area contributed by atoms with Gasteiger partial charge in [-0.3, -0.25) is 10.1 Å². The van der Waals surface area contributed by atoms with E-state index in [9.17, 15) is 4.79 Å². The van der Waals surface area contributed by atoms with Crippen molar-refractivity contribution in [1.29, 1.82) is 0 Å². The van der Waals surface area contributed by atoms with E-state index in [2.05, 4.69) is 10.3 Å². The SMILES string of the molecule is COc1cccc(/C=C2\Cn3c(nc4ccccc43)NC2=O)c1. The lowest BCUT2D eigenvalue weighted by Crippen LogP contribution is -2.26. The highest BCUT2D eigenvalue weighted by Gasteiger charge is 2.23. The van der Waals surface area contributed by atoms with E-state index in [1.54, 1.807) is 7.11 Å². The van der Waals surface area contributed by atoms with Crippen molar-refractivity contribution in [2.45, 2.75) is 6.54 Å². The molecule has 0 saturated carbocycles. The summed E-state index contributed by atoms with van der Waals surface area (Å²) >= 11 is 0. The first kappa shape index (κ1) is 13.6. The average Bonchev–Trinajstić information content (AvgIpc) is 2.93. The summed E-state index contributed by atoms with van der Waals surface area (Å²) in [5, 5.41) is 2.86. The van der Waals surface area contributed by atoms with Gasteiger partial charge >= 0.3 is 0 Å². The Morgan fingerprint density at radius 2 is 2.09 bits per heavy atom. The van der Waals surface area contributed by atoms with Gasteiger partial charge in [0.15, 0.2) is 0 Å². The maximum atomic E-state index is 12.3. The average molecular weight is 305 g/mol. The molecule has 2 heterocycles. The third-order valence-corrected chi connectivity index (χ3v) is 3.93. The summed E-state index contributed by atoms with van der Waals surface area (Å²) in [4.78, 5) is 16.8. The van der Waals surface area contributed by atoms with E-state index in [1.807, 2.05) is 59.2 Å². The molecule has 0 atom stereocenters. The van der Waals surface area contributed by atoms with Gasteiger partial charge in [0.1, 0.15) is 5.75 Å². The molecular formula is C18H15N3O2. The number of carbonyl (C=O) groups excluding carboxylic acids is 1. The lowest BCUT2D eigenvalue weighted by atomic mass is 10.1. The van der Waals surface area contributed by atoms with Gasteiger partial charge in [0, 0.05) is 5.57 Å². The van der Waals surface area contributed by atoms with Crippen molar-refractivity contribution in [1.82, 2.24) is 9.55 Å². The van der Waals surface area contributed by atoms with Crippen LogP contribution >= 0.6 is 0 Å². The van der Waals surface area contributed by atoms with E-state index in [0.717, 1.165) is 22.3 Å². The predicted octanol–water partition coefficient (Wildman–Crippen LogP) is 3.08. The number of hydrogen-bond donors (Lipinski definition) is 1. The summed E-state index contributed by atoms with van der Waals surface area (Å²) in [6.07, 6.45) is 1.88. The normalized spacial score (nSPS) is 15.5. The Kier molecular flexibility index (Phi) is 3.12. The summed E-state index contributed by atoms with van der Waals surface area (Å²) in [5.41, 5.74) is 3.51. The molecule has 1 N–H and O–H groups in total. The van der Waals surface area contributed by atoms with E-state index in [1.165, 1.54) is 0 Å². The van der Waals surface area contributed by atoms with Crippen LogP contribution in [0.4, 0.5) is 5.95 Å². The van der Waals surface area contributed by atoms with E-state index < -0.39 is 0 Å². The van der Waals surface area contributed by atoms with Crippen molar-refractivity contribution in [2.24, 2.45) is 0 Å². The van der Waals surface area contributed by atoms with Crippen molar-refractivity contribution >= 4 is 29.0 Å². The zero-order chi connectivity index (χ0) is 15.8. The summed E-state index contributed by atoms with van der Waals surface area (Å²) in [5.74, 6) is 1.25. The fourth-order valence-electron chi connectivity index (χ4n) is 2.80. The molecule has 0 bridgehead atoms. The fourth-order valence-corrected chi connectivity index (χ4v) is 2.80. The van der Waals surface area contributed by atoms with Gasteiger partial charge in [0.25, 0.3) is 5.91 Å². The maximum Gasteiger partial charge on any atom is 0.255 e. The van der Waals surface area contributed by atoms with Crippen molar-refractivity contribution in [3.05, 3.63) is 59.7 Å². The van der Waals surface area contributed by atoms with Crippen LogP contribution in [0.15, 0.2) is 54.1 Å². The summed E-state index contributed by atoms with van der Waals surface area (Å²) in [6, 6.07) is 15.5. The number of rotatable bonds is 2. The Morgan fingerprint density at radius 1 is 1.22 bits per heavy atom. The molecule has 23 heavy (non-hydrogen) atoms. The molecule has 1 aliphatic heterocycles. The van der Waals surface area contributed by atoms with E-state index >= 15 is 0 Å². The van der Waals surface area contributed by atoms with Gasteiger partial charge < -0.3 is 9.30 Å². The first-order valence-corrected chi connectivity index (χ1v) is 7.36. The molecule has 0 unspecified atom stereocenters. The molecule has 114 valence electrons. The minimum absolute atomic E-state index is 0.115. The van der Waals surface area contributed by atoms with Crippen LogP contribution in [-0.4, -0.2) is 22.6 Å². The number of aromatic nitrogens is 2. The summed E-state index contributed by atoms with van der Waals surface area (Å²) in [6.45, 7) is 0.499. The van der Waals surface area contributed by atoms with Crippen molar-refractivity contribution in [2.75, 3.05) is 12.4 Å². The second-order valence-electron chi connectivity index (χ2n) is 5.41. The molecule has 0 radical (unpaired) electrons.